The molecule has 0 aliphatic carbocycles. The van der Waals surface area contributed by atoms with Crippen LogP contribution in [0.5, 0.6) is 5.88 Å². The van der Waals surface area contributed by atoms with Crippen LogP contribution < -0.4 is 10.5 Å². The van der Waals surface area contributed by atoms with Crippen molar-refractivity contribution in [2.24, 2.45) is 5.73 Å². The van der Waals surface area contributed by atoms with Gasteiger partial charge >= 0.3 is 5.97 Å². The Morgan fingerprint density at radius 2 is 2.33 bits per heavy atom. The molecule has 1 rings (SSSR count). The monoisotopic (exact) mass is 211 g/mol. The molecule has 0 amide bonds. The fourth-order valence-electron chi connectivity index (χ4n) is 0.904. The Labute approximate surface area is 87.4 Å². The zero-order valence-electron chi connectivity index (χ0n) is 8.64. The lowest BCUT2D eigenvalue weighted by atomic mass is 10.3. The van der Waals surface area contributed by atoms with Crippen molar-refractivity contribution in [3.63, 3.8) is 0 Å². The van der Waals surface area contributed by atoms with Crippen LogP contribution >= 0.6 is 0 Å². The van der Waals surface area contributed by atoms with Crippen LogP contribution in [-0.4, -0.2) is 35.7 Å². The highest BCUT2D eigenvalue weighted by Crippen LogP contribution is 2.05. The maximum absolute atomic E-state index is 10.9. The number of methoxy groups -OCH3 is 1. The maximum Gasteiger partial charge on any atom is 0.326 e. The molecular formula is C9H13N3O3. The van der Waals surface area contributed by atoms with Crippen molar-refractivity contribution in [2.45, 2.75) is 13.0 Å². The first-order valence-corrected chi connectivity index (χ1v) is 4.38. The van der Waals surface area contributed by atoms with E-state index in [1.54, 1.807) is 6.07 Å². The van der Waals surface area contributed by atoms with E-state index in [0.717, 1.165) is 5.69 Å². The minimum atomic E-state index is -0.801. The van der Waals surface area contributed by atoms with Gasteiger partial charge in [0, 0.05) is 11.8 Å². The molecule has 2 N–H and O–H groups in total. The summed E-state index contributed by atoms with van der Waals surface area (Å²) in [5.41, 5.74) is 6.25. The van der Waals surface area contributed by atoms with E-state index < -0.39 is 12.0 Å². The number of hydrogen-bond acceptors (Lipinski definition) is 6. The summed E-state index contributed by atoms with van der Waals surface area (Å²) in [5.74, 6) is -0.123. The van der Waals surface area contributed by atoms with E-state index in [4.69, 9.17) is 10.5 Å². The summed E-state index contributed by atoms with van der Waals surface area (Å²) in [5, 5.41) is 0. The van der Waals surface area contributed by atoms with Gasteiger partial charge in [0.15, 0.2) is 0 Å². The first-order valence-electron chi connectivity index (χ1n) is 4.38. The highest BCUT2D eigenvalue weighted by molar-refractivity contribution is 5.75. The van der Waals surface area contributed by atoms with Crippen molar-refractivity contribution in [1.82, 2.24) is 9.97 Å². The Balaban J connectivity index is 2.47. The molecule has 0 saturated carbocycles. The Kier molecular flexibility index (Phi) is 3.99. The molecule has 0 spiro atoms. The van der Waals surface area contributed by atoms with Gasteiger partial charge in [0.1, 0.15) is 19.0 Å². The van der Waals surface area contributed by atoms with Gasteiger partial charge in [-0.1, -0.05) is 0 Å². The standard InChI is InChI=1S/C9H13N3O3/c1-6-3-8(12-5-11-6)15-4-7(10)9(13)14-2/h3,5,7H,4,10H2,1-2H3. The van der Waals surface area contributed by atoms with E-state index in [2.05, 4.69) is 14.7 Å². The van der Waals surface area contributed by atoms with Crippen molar-refractivity contribution in [1.29, 1.82) is 0 Å². The summed E-state index contributed by atoms with van der Waals surface area (Å²) < 4.78 is 9.64. The molecule has 82 valence electrons. The normalized spacial score (nSPS) is 11.9. The largest absolute Gasteiger partial charge is 0.475 e. The Bertz CT molecular complexity index is 343. The zero-order chi connectivity index (χ0) is 11.3. The number of ether oxygens (including phenoxy) is 2. The van der Waals surface area contributed by atoms with Crippen LogP contribution in [0.1, 0.15) is 5.69 Å². The lowest BCUT2D eigenvalue weighted by molar-refractivity contribution is -0.142. The fourth-order valence-corrected chi connectivity index (χ4v) is 0.904. The van der Waals surface area contributed by atoms with Gasteiger partial charge in [-0.2, -0.15) is 0 Å². The molecule has 0 bridgehead atoms. The fraction of sp³-hybridized carbons (Fsp3) is 0.444. The molecule has 1 heterocycles. The van der Waals surface area contributed by atoms with Crippen molar-refractivity contribution in [2.75, 3.05) is 13.7 Å². The summed E-state index contributed by atoms with van der Waals surface area (Å²) in [6.07, 6.45) is 1.38. The van der Waals surface area contributed by atoms with Gasteiger partial charge < -0.3 is 15.2 Å². The maximum atomic E-state index is 10.9. The smallest absolute Gasteiger partial charge is 0.326 e. The number of aryl methyl sites for hydroxylation is 1. The molecule has 6 nitrogen and oxygen atoms in total. The summed E-state index contributed by atoms with van der Waals surface area (Å²) in [7, 11) is 1.27. The number of esters is 1. The van der Waals surface area contributed by atoms with Crippen molar-refractivity contribution >= 4 is 5.97 Å². The molecule has 0 fully saturated rings. The molecule has 1 aromatic heterocycles. The Morgan fingerprint density at radius 1 is 1.60 bits per heavy atom. The number of carbonyl (C=O) groups is 1. The molecule has 0 radical (unpaired) electrons. The van der Waals surface area contributed by atoms with Crippen molar-refractivity contribution in [3.05, 3.63) is 18.1 Å². The highest BCUT2D eigenvalue weighted by Gasteiger charge is 2.14. The quantitative estimate of drug-likeness (QED) is 0.686. The number of aromatic nitrogens is 2. The molecule has 15 heavy (non-hydrogen) atoms. The lowest BCUT2D eigenvalue weighted by Gasteiger charge is -2.10. The highest BCUT2D eigenvalue weighted by atomic mass is 16.5. The molecule has 0 aliphatic heterocycles. The third-order valence-corrected chi connectivity index (χ3v) is 1.69. The summed E-state index contributed by atoms with van der Waals surface area (Å²) in [6.45, 7) is 1.85. The van der Waals surface area contributed by atoms with Gasteiger partial charge in [-0.3, -0.25) is 4.79 Å². The number of carbonyl (C=O) groups excluding carboxylic acids is 1. The predicted octanol–water partition coefficient (Wildman–Crippen LogP) is -0.336. The van der Waals surface area contributed by atoms with Crippen LogP contribution in [-0.2, 0) is 9.53 Å². The second-order valence-corrected chi connectivity index (χ2v) is 2.94. The van der Waals surface area contributed by atoms with E-state index in [1.807, 2.05) is 6.92 Å². The van der Waals surface area contributed by atoms with Gasteiger partial charge in [-0.25, -0.2) is 9.97 Å². The zero-order valence-corrected chi connectivity index (χ0v) is 8.64. The van der Waals surface area contributed by atoms with Crippen LogP contribution in [0.2, 0.25) is 0 Å². The van der Waals surface area contributed by atoms with Crippen LogP contribution in [0.3, 0.4) is 0 Å². The van der Waals surface area contributed by atoms with Crippen molar-refractivity contribution in [3.8, 4) is 5.88 Å². The van der Waals surface area contributed by atoms with E-state index in [1.165, 1.54) is 13.4 Å². The van der Waals surface area contributed by atoms with Crippen LogP contribution in [0.15, 0.2) is 12.4 Å². The van der Waals surface area contributed by atoms with Crippen LogP contribution in [0.4, 0.5) is 0 Å². The lowest BCUT2D eigenvalue weighted by Crippen LogP contribution is -2.37. The molecular weight excluding hydrogens is 198 g/mol. The van der Waals surface area contributed by atoms with E-state index in [9.17, 15) is 4.79 Å². The first kappa shape index (κ1) is 11.4. The average molecular weight is 211 g/mol. The molecule has 6 heteroatoms. The van der Waals surface area contributed by atoms with E-state index in [0.29, 0.717) is 5.88 Å². The Morgan fingerprint density at radius 3 is 2.93 bits per heavy atom. The molecule has 0 saturated heterocycles. The molecule has 1 atom stereocenters. The number of nitrogens with zero attached hydrogens (tertiary/aromatic N) is 2. The molecule has 1 unspecified atom stereocenters. The summed E-state index contributed by atoms with van der Waals surface area (Å²) in [6, 6.07) is 0.856. The number of nitrogens with two attached hydrogens (primary N) is 1. The average Bonchev–Trinajstić information content (AvgIpc) is 2.25. The summed E-state index contributed by atoms with van der Waals surface area (Å²) in [4.78, 5) is 18.7. The van der Waals surface area contributed by atoms with E-state index >= 15 is 0 Å². The van der Waals surface area contributed by atoms with Gasteiger partial charge in [-0.05, 0) is 6.92 Å². The van der Waals surface area contributed by atoms with E-state index in [-0.39, 0.29) is 6.61 Å². The molecule has 0 aliphatic rings. The third kappa shape index (κ3) is 3.51. The third-order valence-electron chi connectivity index (χ3n) is 1.69. The first-order chi connectivity index (χ1) is 7.13. The SMILES string of the molecule is COC(=O)C(N)COc1cc(C)ncn1. The van der Waals surface area contributed by atoms with Crippen molar-refractivity contribution < 1.29 is 14.3 Å². The Hall–Kier alpha value is -1.69. The summed E-state index contributed by atoms with van der Waals surface area (Å²) >= 11 is 0. The second-order valence-electron chi connectivity index (χ2n) is 2.94. The molecule has 1 aromatic rings. The number of hydrogen-bond donors (Lipinski definition) is 1. The van der Waals surface area contributed by atoms with Gasteiger partial charge in [0.2, 0.25) is 5.88 Å². The minimum absolute atomic E-state index is 0.0309. The minimum Gasteiger partial charge on any atom is -0.475 e. The van der Waals surface area contributed by atoms with Crippen LogP contribution in [0.25, 0.3) is 0 Å². The molecule has 0 aromatic carbocycles. The topological polar surface area (TPSA) is 87.3 Å². The van der Waals surface area contributed by atoms with Crippen LogP contribution in [0, 0.1) is 6.92 Å². The van der Waals surface area contributed by atoms with Gasteiger partial charge in [-0.15, -0.1) is 0 Å². The number of rotatable bonds is 4. The predicted molar refractivity (Wildman–Crippen MR) is 52.3 cm³/mol. The second kappa shape index (κ2) is 5.26. The van der Waals surface area contributed by atoms with Gasteiger partial charge in [0.25, 0.3) is 0 Å². The van der Waals surface area contributed by atoms with Gasteiger partial charge in [0.05, 0.1) is 7.11 Å².